The molecule has 0 aliphatic heterocycles. The minimum Gasteiger partial charge on any atom is -0.353 e. The fourth-order valence-electron chi connectivity index (χ4n) is 2.63. The number of hydrogen-bond donors (Lipinski definition) is 2. The van der Waals surface area contributed by atoms with Crippen molar-refractivity contribution in [2.45, 2.75) is 58.0 Å². The van der Waals surface area contributed by atoms with Crippen LogP contribution in [0.3, 0.4) is 0 Å². The minimum atomic E-state index is -0.359. The fraction of sp³-hybridized carbons (Fsp3) is 0.929. The van der Waals surface area contributed by atoms with Crippen LogP contribution in [-0.4, -0.2) is 43.0 Å². The van der Waals surface area contributed by atoms with Gasteiger partial charge in [-0.25, -0.2) is 0 Å². The molecule has 18 heavy (non-hydrogen) atoms. The van der Waals surface area contributed by atoms with E-state index in [4.69, 9.17) is 5.73 Å². The van der Waals surface area contributed by atoms with E-state index in [0.29, 0.717) is 18.5 Å². The van der Waals surface area contributed by atoms with Gasteiger partial charge in [-0.2, -0.15) is 0 Å². The van der Waals surface area contributed by atoms with Gasteiger partial charge in [-0.05, 0) is 32.2 Å². The van der Waals surface area contributed by atoms with Crippen molar-refractivity contribution >= 4 is 5.91 Å². The lowest BCUT2D eigenvalue weighted by molar-refractivity contribution is -0.122. The van der Waals surface area contributed by atoms with E-state index >= 15 is 0 Å². The molecule has 1 aliphatic rings. The van der Waals surface area contributed by atoms with E-state index in [-0.39, 0.29) is 11.9 Å². The SMILES string of the molecule is CC(C)C[C@@H](N)C(=O)NCCN(C)C1CCCC1. The Balaban J connectivity index is 2.14. The van der Waals surface area contributed by atoms with Crippen LogP contribution < -0.4 is 11.1 Å². The molecule has 0 radical (unpaired) electrons. The molecular weight excluding hydrogens is 226 g/mol. The molecule has 0 unspecified atom stereocenters. The Labute approximate surface area is 111 Å². The van der Waals surface area contributed by atoms with Crippen LogP contribution in [0.4, 0.5) is 0 Å². The number of nitrogens with one attached hydrogen (secondary N) is 1. The van der Waals surface area contributed by atoms with Crippen LogP contribution in [0.5, 0.6) is 0 Å². The molecule has 1 fully saturated rings. The monoisotopic (exact) mass is 255 g/mol. The lowest BCUT2D eigenvalue weighted by Gasteiger charge is -2.24. The Kier molecular flexibility index (Phi) is 6.65. The van der Waals surface area contributed by atoms with Gasteiger partial charge in [-0.3, -0.25) is 4.79 Å². The molecule has 4 nitrogen and oxygen atoms in total. The molecule has 0 saturated heterocycles. The summed E-state index contributed by atoms with van der Waals surface area (Å²) in [6.07, 6.45) is 6.06. The first-order valence-corrected chi connectivity index (χ1v) is 7.24. The van der Waals surface area contributed by atoms with Crippen molar-refractivity contribution < 1.29 is 4.79 Å². The zero-order valence-electron chi connectivity index (χ0n) is 12.1. The third kappa shape index (κ3) is 5.36. The molecule has 4 heteroatoms. The van der Waals surface area contributed by atoms with Crippen molar-refractivity contribution in [2.75, 3.05) is 20.1 Å². The third-order valence-electron chi connectivity index (χ3n) is 3.77. The topological polar surface area (TPSA) is 58.4 Å². The molecule has 1 saturated carbocycles. The second kappa shape index (κ2) is 7.74. The van der Waals surface area contributed by atoms with Gasteiger partial charge in [0, 0.05) is 19.1 Å². The highest BCUT2D eigenvalue weighted by molar-refractivity contribution is 5.81. The molecule has 0 aromatic carbocycles. The summed E-state index contributed by atoms with van der Waals surface area (Å²) in [6.45, 7) is 5.80. The summed E-state index contributed by atoms with van der Waals surface area (Å²) in [5.74, 6) is 0.454. The zero-order chi connectivity index (χ0) is 13.5. The molecule has 0 aromatic rings. The minimum absolute atomic E-state index is 0.0106. The molecule has 1 atom stereocenters. The van der Waals surface area contributed by atoms with Gasteiger partial charge in [0.25, 0.3) is 0 Å². The Morgan fingerprint density at radius 1 is 1.39 bits per heavy atom. The lowest BCUT2D eigenvalue weighted by atomic mass is 10.0. The number of nitrogens with two attached hydrogens (primary N) is 1. The molecule has 1 amide bonds. The number of likely N-dealkylation sites (N-methyl/N-ethyl adjacent to an activating group) is 1. The van der Waals surface area contributed by atoms with Gasteiger partial charge in [-0.1, -0.05) is 26.7 Å². The van der Waals surface area contributed by atoms with Gasteiger partial charge in [0.15, 0.2) is 0 Å². The normalized spacial score (nSPS) is 18.6. The number of amides is 1. The van der Waals surface area contributed by atoms with Crippen molar-refractivity contribution in [1.29, 1.82) is 0 Å². The largest absolute Gasteiger partial charge is 0.353 e. The number of carbonyl (C=O) groups excluding carboxylic acids is 1. The summed E-state index contributed by atoms with van der Waals surface area (Å²) in [7, 11) is 2.15. The fourth-order valence-corrected chi connectivity index (χ4v) is 2.63. The molecular formula is C14H29N3O. The standard InChI is InChI=1S/C14H29N3O/c1-11(2)10-13(15)14(18)16-8-9-17(3)12-6-4-5-7-12/h11-13H,4-10,15H2,1-3H3,(H,16,18)/t13-/m1/s1. The number of hydrogen-bond acceptors (Lipinski definition) is 3. The molecule has 1 rings (SSSR count). The van der Waals surface area contributed by atoms with Crippen LogP contribution >= 0.6 is 0 Å². The van der Waals surface area contributed by atoms with Crippen LogP contribution in [0.15, 0.2) is 0 Å². The first kappa shape index (κ1) is 15.4. The first-order chi connectivity index (χ1) is 8.50. The molecule has 1 aliphatic carbocycles. The molecule has 0 spiro atoms. The van der Waals surface area contributed by atoms with E-state index < -0.39 is 0 Å². The van der Waals surface area contributed by atoms with Crippen molar-refractivity contribution in [3.8, 4) is 0 Å². The van der Waals surface area contributed by atoms with Crippen molar-refractivity contribution in [3.05, 3.63) is 0 Å². The molecule has 106 valence electrons. The summed E-state index contributed by atoms with van der Waals surface area (Å²) in [5, 5.41) is 2.94. The first-order valence-electron chi connectivity index (χ1n) is 7.24. The van der Waals surface area contributed by atoms with Crippen molar-refractivity contribution in [1.82, 2.24) is 10.2 Å². The lowest BCUT2D eigenvalue weighted by Crippen LogP contribution is -2.44. The summed E-state index contributed by atoms with van der Waals surface area (Å²) < 4.78 is 0. The third-order valence-corrected chi connectivity index (χ3v) is 3.77. The highest BCUT2D eigenvalue weighted by Gasteiger charge is 2.19. The van der Waals surface area contributed by atoms with Gasteiger partial charge in [-0.15, -0.1) is 0 Å². The molecule has 0 bridgehead atoms. The summed E-state index contributed by atoms with van der Waals surface area (Å²) in [6, 6.07) is 0.355. The van der Waals surface area contributed by atoms with Gasteiger partial charge in [0.05, 0.1) is 6.04 Å². The van der Waals surface area contributed by atoms with Crippen LogP contribution in [-0.2, 0) is 4.79 Å². The van der Waals surface area contributed by atoms with Crippen LogP contribution in [0.25, 0.3) is 0 Å². The number of rotatable bonds is 7. The predicted molar refractivity (Wildman–Crippen MR) is 75.3 cm³/mol. The number of carbonyl (C=O) groups is 1. The predicted octanol–water partition coefficient (Wildman–Crippen LogP) is 1.35. The van der Waals surface area contributed by atoms with Gasteiger partial charge in [0.2, 0.25) is 5.91 Å². The van der Waals surface area contributed by atoms with E-state index in [1.807, 2.05) is 0 Å². The Hall–Kier alpha value is -0.610. The quantitative estimate of drug-likeness (QED) is 0.722. The summed E-state index contributed by atoms with van der Waals surface area (Å²) in [5.41, 5.74) is 5.83. The Bertz CT molecular complexity index is 249. The highest BCUT2D eigenvalue weighted by Crippen LogP contribution is 2.21. The Morgan fingerprint density at radius 2 is 2.00 bits per heavy atom. The smallest absolute Gasteiger partial charge is 0.236 e. The highest BCUT2D eigenvalue weighted by atomic mass is 16.2. The van der Waals surface area contributed by atoms with E-state index in [1.165, 1.54) is 25.7 Å². The van der Waals surface area contributed by atoms with Crippen LogP contribution in [0.2, 0.25) is 0 Å². The maximum Gasteiger partial charge on any atom is 0.236 e. The molecule has 0 aromatic heterocycles. The van der Waals surface area contributed by atoms with Gasteiger partial charge < -0.3 is 16.0 Å². The average Bonchev–Trinajstić information content (AvgIpc) is 2.81. The van der Waals surface area contributed by atoms with Gasteiger partial charge in [0.1, 0.15) is 0 Å². The molecule has 3 N–H and O–H groups in total. The number of nitrogens with zero attached hydrogens (tertiary/aromatic N) is 1. The van der Waals surface area contributed by atoms with E-state index in [2.05, 4.69) is 31.1 Å². The maximum atomic E-state index is 11.7. The van der Waals surface area contributed by atoms with Gasteiger partial charge >= 0.3 is 0 Å². The van der Waals surface area contributed by atoms with E-state index in [0.717, 1.165) is 13.0 Å². The van der Waals surface area contributed by atoms with Crippen molar-refractivity contribution in [3.63, 3.8) is 0 Å². The average molecular weight is 255 g/mol. The summed E-state index contributed by atoms with van der Waals surface area (Å²) in [4.78, 5) is 14.1. The van der Waals surface area contributed by atoms with E-state index in [9.17, 15) is 4.79 Å². The zero-order valence-corrected chi connectivity index (χ0v) is 12.1. The van der Waals surface area contributed by atoms with E-state index in [1.54, 1.807) is 0 Å². The Morgan fingerprint density at radius 3 is 2.56 bits per heavy atom. The second-order valence-electron chi connectivity index (χ2n) is 5.95. The maximum absolute atomic E-state index is 11.7. The van der Waals surface area contributed by atoms with Crippen LogP contribution in [0, 0.1) is 5.92 Å². The van der Waals surface area contributed by atoms with Crippen molar-refractivity contribution in [2.24, 2.45) is 11.7 Å². The summed E-state index contributed by atoms with van der Waals surface area (Å²) >= 11 is 0. The second-order valence-corrected chi connectivity index (χ2v) is 5.95. The van der Waals surface area contributed by atoms with Crippen LogP contribution in [0.1, 0.15) is 46.0 Å². The molecule has 0 heterocycles.